The number of benzene rings is 2. The molecule has 0 spiro atoms. The van der Waals surface area contributed by atoms with Gasteiger partial charge in [0.2, 0.25) is 0 Å². The highest BCUT2D eigenvalue weighted by molar-refractivity contribution is 5.94. The molecule has 2 rings (SSSR count). The Labute approximate surface area is 152 Å². The van der Waals surface area contributed by atoms with E-state index in [2.05, 4.69) is 14.8 Å². The molecule has 146 valence electrons. The second-order valence-corrected chi connectivity index (χ2v) is 5.27. The van der Waals surface area contributed by atoms with Gasteiger partial charge >= 0.3 is 13.2 Å². The van der Waals surface area contributed by atoms with Gasteiger partial charge in [-0.15, -0.1) is 0 Å². The molecule has 2 aromatic carbocycles. The number of hydrogen-bond acceptors (Lipinski definition) is 4. The fourth-order valence-electron chi connectivity index (χ4n) is 2.26. The van der Waals surface area contributed by atoms with E-state index in [0.29, 0.717) is 6.42 Å². The predicted octanol–water partition coefficient (Wildman–Crippen LogP) is 3.87. The Kier molecular flexibility index (Phi) is 7.27. The predicted molar refractivity (Wildman–Crippen MR) is 88.7 cm³/mol. The minimum absolute atomic E-state index is 0.0116. The van der Waals surface area contributed by atoms with Crippen LogP contribution in [0, 0.1) is 0 Å². The SMILES string of the molecule is COc1cc(C(=O)NCCc2ccc(OC(F)F)cc2)ccc1OC(F)F. The standard InChI is InChI=1S/C18H17F4NO4/c1-25-15-10-12(4-7-14(15)27-18(21)22)16(24)23-9-8-11-2-5-13(6-3-11)26-17(19)20/h2-7,10,17-18H,8-9H2,1H3,(H,23,24). The third kappa shape index (κ3) is 6.36. The molecule has 1 amide bonds. The minimum Gasteiger partial charge on any atom is -0.493 e. The van der Waals surface area contributed by atoms with E-state index in [1.807, 2.05) is 0 Å². The van der Waals surface area contributed by atoms with Crippen LogP contribution in [0.25, 0.3) is 0 Å². The van der Waals surface area contributed by atoms with Crippen molar-refractivity contribution in [3.8, 4) is 17.2 Å². The van der Waals surface area contributed by atoms with Gasteiger partial charge in [0.05, 0.1) is 7.11 Å². The van der Waals surface area contributed by atoms with Crippen LogP contribution in [0.2, 0.25) is 0 Å². The number of hydrogen-bond donors (Lipinski definition) is 1. The highest BCUT2D eigenvalue weighted by atomic mass is 19.3. The Balaban J connectivity index is 1.90. The molecule has 0 atom stereocenters. The van der Waals surface area contributed by atoms with Crippen LogP contribution in [0.4, 0.5) is 17.6 Å². The third-order valence-corrected chi connectivity index (χ3v) is 3.49. The van der Waals surface area contributed by atoms with Gasteiger partial charge in [0.1, 0.15) is 5.75 Å². The van der Waals surface area contributed by atoms with Gasteiger partial charge in [-0.25, -0.2) is 0 Å². The molecule has 27 heavy (non-hydrogen) atoms. The van der Waals surface area contributed by atoms with Gasteiger partial charge in [-0.3, -0.25) is 4.79 Å². The molecule has 0 fully saturated rings. The largest absolute Gasteiger partial charge is 0.493 e. The summed E-state index contributed by atoms with van der Waals surface area (Å²) < 4.78 is 62.3. The van der Waals surface area contributed by atoms with Crippen LogP contribution in [-0.2, 0) is 6.42 Å². The van der Waals surface area contributed by atoms with Crippen molar-refractivity contribution in [1.29, 1.82) is 0 Å². The van der Waals surface area contributed by atoms with Gasteiger partial charge in [0.15, 0.2) is 11.5 Å². The van der Waals surface area contributed by atoms with E-state index in [1.165, 1.54) is 37.4 Å². The van der Waals surface area contributed by atoms with Crippen LogP contribution in [0.15, 0.2) is 42.5 Å². The molecule has 0 saturated heterocycles. The van der Waals surface area contributed by atoms with E-state index in [1.54, 1.807) is 12.1 Å². The molecule has 0 heterocycles. The van der Waals surface area contributed by atoms with Crippen LogP contribution in [0.5, 0.6) is 17.2 Å². The van der Waals surface area contributed by atoms with Crippen molar-refractivity contribution >= 4 is 5.91 Å². The lowest BCUT2D eigenvalue weighted by Crippen LogP contribution is -2.25. The second kappa shape index (κ2) is 9.65. The monoisotopic (exact) mass is 387 g/mol. The van der Waals surface area contributed by atoms with Gasteiger partial charge in [-0.05, 0) is 42.3 Å². The average molecular weight is 387 g/mol. The third-order valence-electron chi connectivity index (χ3n) is 3.49. The van der Waals surface area contributed by atoms with Crippen LogP contribution >= 0.6 is 0 Å². The Hall–Kier alpha value is -2.97. The van der Waals surface area contributed by atoms with E-state index < -0.39 is 19.1 Å². The van der Waals surface area contributed by atoms with Gasteiger partial charge in [0.25, 0.3) is 5.91 Å². The maximum Gasteiger partial charge on any atom is 0.387 e. The lowest BCUT2D eigenvalue weighted by atomic mass is 10.1. The molecule has 0 unspecified atom stereocenters. The average Bonchev–Trinajstić information content (AvgIpc) is 2.62. The molecule has 0 saturated carbocycles. The highest BCUT2D eigenvalue weighted by Crippen LogP contribution is 2.29. The summed E-state index contributed by atoms with van der Waals surface area (Å²) in [6.07, 6.45) is 0.463. The van der Waals surface area contributed by atoms with Crippen molar-refractivity contribution in [2.75, 3.05) is 13.7 Å². The van der Waals surface area contributed by atoms with Gasteiger partial charge in [0, 0.05) is 12.1 Å². The van der Waals surface area contributed by atoms with Crippen molar-refractivity contribution < 1.29 is 36.6 Å². The molecule has 0 radical (unpaired) electrons. The molecule has 1 N–H and O–H groups in total. The van der Waals surface area contributed by atoms with Gasteiger partial charge < -0.3 is 19.5 Å². The van der Waals surface area contributed by atoms with Crippen molar-refractivity contribution in [2.24, 2.45) is 0 Å². The van der Waals surface area contributed by atoms with E-state index in [4.69, 9.17) is 4.74 Å². The summed E-state index contributed by atoms with van der Waals surface area (Å²) in [5.74, 6) is -0.529. The van der Waals surface area contributed by atoms with Crippen molar-refractivity contribution in [3.05, 3.63) is 53.6 Å². The van der Waals surface area contributed by atoms with Crippen molar-refractivity contribution in [3.63, 3.8) is 0 Å². The molecular formula is C18H17F4NO4. The molecule has 2 aromatic rings. The first-order chi connectivity index (χ1) is 12.9. The highest BCUT2D eigenvalue weighted by Gasteiger charge is 2.14. The zero-order valence-electron chi connectivity index (χ0n) is 14.3. The first-order valence-corrected chi connectivity index (χ1v) is 7.84. The Bertz CT molecular complexity index is 754. The number of ether oxygens (including phenoxy) is 3. The van der Waals surface area contributed by atoms with E-state index in [9.17, 15) is 22.4 Å². The van der Waals surface area contributed by atoms with Gasteiger partial charge in [-0.1, -0.05) is 12.1 Å². The normalized spacial score (nSPS) is 10.8. The lowest BCUT2D eigenvalue weighted by molar-refractivity contribution is -0.0514. The number of methoxy groups -OCH3 is 1. The summed E-state index contributed by atoms with van der Waals surface area (Å²) in [5.41, 5.74) is 1.03. The number of amides is 1. The summed E-state index contributed by atoms with van der Waals surface area (Å²) >= 11 is 0. The summed E-state index contributed by atoms with van der Waals surface area (Å²) in [6, 6.07) is 9.91. The van der Waals surface area contributed by atoms with Crippen LogP contribution in [0.1, 0.15) is 15.9 Å². The number of alkyl halides is 4. The molecule has 0 aliphatic carbocycles. The van der Waals surface area contributed by atoms with Crippen LogP contribution in [0.3, 0.4) is 0 Å². The molecule has 0 aromatic heterocycles. The number of carbonyl (C=O) groups is 1. The summed E-state index contributed by atoms with van der Waals surface area (Å²) in [7, 11) is 1.27. The van der Waals surface area contributed by atoms with Crippen molar-refractivity contribution in [2.45, 2.75) is 19.6 Å². The Morgan fingerprint density at radius 2 is 1.63 bits per heavy atom. The fraction of sp³-hybridized carbons (Fsp3) is 0.278. The van der Waals surface area contributed by atoms with Crippen LogP contribution < -0.4 is 19.5 Å². The number of carbonyl (C=O) groups excluding carboxylic acids is 1. The minimum atomic E-state index is -3.00. The van der Waals surface area contributed by atoms with E-state index >= 15 is 0 Å². The molecule has 0 aliphatic rings. The van der Waals surface area contributed by atoms with Gasteiger partial charge in [-0.2, -0.15) is 17.6 Å². The molecule has 9 heteroatoms. The van der Waals surface area contributed by atoms with Crippen LogP contribution in [-0.4, -0.2) is 32.8 Å². The Morgan fingerprint density at radius 1 is 0.963 bits per heavy atom. The summed E-state index contributed by atoms with van der Waals surface area (Å²) in [4.78, 5) is 12.2. The maximum absolute atomic E-state index is 12.3. The number of halogens is 4. The zero-order chi connectivity index (χ0) is 19.8. The number of nitrogens with one attached hydrogen (secondary N) is 1. The fourth-order valence-corrected chi connectivity index (χ4v) is 2.26. The Morgan fingerprint density at radius 3 is 2.22 bits per heavy atom. The topological polar surface area (TPSA) is 56.8 Å². The first-order valence-electron chi connectivity index (χ1n) is 7.84. The second-order valence-electron chi connectivity index (χ2n) is 5.27. The molecule has 0 bridgehead atoms. The quantitative estimate of drug-likeness (QED) is 0.664. The van der Waals surface area contributed by atoms with Crippen molar-refractivity contribution in [1.82, 2.24) is 5.32 Å². The lowest BCUT2D eigenvalue weighted by Gasteiger charge is -2.11. The summed E-state index contributed by atoms with van der Waals surface area (Å²) in [6.45, 7) is -5.61. The van der Waals surface area contributed by atoms with E-state index in [0.717, 1.165) is 5.56 Å². The first kappa shape index (κ1) is 20.3. The molecular weight excluding hydrogens is 370 g/mol. The molecule has 0 aliphatic heterocycles. The summed E-state index contributed by atoms with van der Waals surface area (Å²) in [5, 5.41) is 2.67. The zero-order valence-corrected chi connectivity index (χ0v) is 14.3. The molecule has 5 nitrogen and oxygen atoms in total. The maximum atomic E-state index is 12.3. The number of rotatable bonds is 9. The smallest absolute Gasteiger partial charge is 0.387 e. The van der Waals surface area contributed by atoms with E-state index in [-0.39, 0.29) is 29.4 Å².